The summed E-state index contributed by atoms with van der Waals surface area (Å²) >= 11 is 0. The number of piperidine rings is 1. The number of nitro groups is 1. The minimum atomic E-state index is -3.35. The van der Waals surface area contributed by atoms with Gasteiger partial charge in [0.2, 0.25) is 15.9 Å². The summed E-state index contributed by atoms with van der Waals surface area (Å²) in [6.45, 7) is 2.08. The Kier molecular flexibility index (Phi) is 5.96. The minimum absolute atomic E-state index is 0.0138. The van der Waals surface area contributed by atoms with Gasteiger partial charge in [-0.05, 0) is 25.8 Å². The molecule has 9 nitrogen and oxygen atoms in total. The minimum Gasteiger partial charge on any atom is -0.495 e. The van der Waals surface area contributed by atoms with Crippen molar-refractivity contribution in [3.8, 4) is 5.75 Å². The molecule has 0 unspecified atom stereocenters. The second-order valence-electron chi connectivity index (χ2n) is 5.73. The molecule has 1 heterocycles. The van der Waals surface area contributed by atoms with Crippen LogP contribution >= 0.6 is 0 Å². The quantitative estimate of drug-likeness (QED) is 0.599. The second kappa shape index (κ2) is 7.79. The number of rotatable bonds is 6. The molecule has 1 N–H and O–H groups in total. The second-order valence-corrected chi connectivity index (χ2v) is 7.99. The summed E-state index contributed by atoms with van der Waals surface area (Å²) in [5, 5.41) is 13.5. The molecule has 1 aromatic carbocycles. The summed E-state index contributed by atoms with van der Waals surface area (Å²) in [7, 11) is -1.96. The van der Waals surface area contributed by atoms with Gasteiger partial charge in [0.15, 0.2) is 0 Å². The van der Waals surface area contributed by atoms with Crippen molar-refractivity contribution in [2.75, 3.05) is 31.3 Å². The topological polar surface area (TPSA) is 119 Å². The summed E-state index contributed by atoms with van der Waals surface area (Å²) < 4.78 is 30.4. The van der Waals surface area contributed by atoms with Gasteiger partial charge in [-0.2, -0.15) is 0 Å². The van der Waals surface area contributed by atoms with Gasteiger partial charge in [-0.3, -0.25) is 14.9 Å². The predicted octanol–water partition coefficient (Wildman–Crippen LogP) is 1.60. The Morgan fingerprint density at radius 2 is 2.20 bits per heavy atom. The number of non-ortho nitro benzene ring substituents is 1. The monoisotopic (exact) mass is 371 g/mol. The highest BCUT2D eigenvalue weighted by molar-refractivity contribution is 7.89. The van der Waals surface area contributed by atoms with E-state index in [1.165, 1.54) is 29.6 Å². The molecular formula is C15H21N3O6S. The van der Waals surface area contributed by atoms with E-state index in [4.69, 9.17) is 4.74 Å². The van der Waals surface area contributed by atoms with Crippen molar-refractivity contribution in [3.05, 3.63) is 28.3 Å². The lowest BCUT2D eigenvalue weighted by Crippen LogP contribution is -2.44. The average Bonchev–Trinajstić information content (AvgIpc) is 2.61. The Bertz CT molecular complexity index is 765. The van der Waals surface area contributed by atoms with E-state index in [9.17, 15) is 23.3 Å². The van der Waals surface area contributed by atoms with Gasteiger partial charge in [0, 0.05) is 25.2 Å². The first-order valence-electron chi connectivity index (χ1n) is 7.89. The number of anilines is 1. The molecular weight excluding hydrogens is 350 g/mol. The lowest BCUT2D eigenvalue weighted by molar-refractivity contribution is -0.384. The number of carbonyl (C=O) groups excluding carboxylic acids is 1. The molecule has 1 saturated heterocycles. The molecule has 138 valence electrons. The predicted molar refractivity (Wildman–Crippen MR) is 92.0 cm³/mol. The Hall–Kier alpha value is -2.20. The summed E-state index contributed by atoms with van der Waals surface area (Å²) in [4.78, 5) is 22.9. The molecule has 0 saturated carbocycles. The molecule has 0 aliphatic carbocycles. The molecule has 1 atom stereocenters. The number of hydrogen-bond acceptors (Lipinski definition) is 6. The number of ether oxygens (including phenoxy) is 1. The number of nitrogens with zero attached hydrogens (tertiary/aromatic N) is 2. The summed E-state index contributed by atoms with van der Waals surface area (Å²) in [5.41, 5.74) is 0.0205. The van der Waals surface area contributed by atoms with Gasteiger partial charge in [-0.1, -0.05) is 0 Å². The summed E-state index contributed by atoms with van der Waals surface area (Å²) in [6, 6.07) is 3.91. The molecule has 0 spiro atoms. The number of methoxy groups -OCH3 is 1. The first-order valence-corrected chi connectivity index (χ1v) is 9.50. The van der Waals surface area contributed by atoms with Crippen molar-refractivity contribution < 1.29 is 22.9 Å². The van der Waals surface area contributed by atoms with Gasteiger partial charge in [0.25, 0.3) is 5.69 Å². The number of amides is 1. The van der Waals surface area contributed by atoms with Crippen molar-refractivity contribution in [1.29, 1.82) is 0 Å². The van der Waals surface area contributed by atoms with E-state index in [2.05, 4.69) is 5.32 Å². The number of benzene rings is 1. The normalized spacial score (nSPS) is 18.6. The third-order valence-corrected chi connectivity index (χ3v) is 6.01. The van der Waals surface area contributed by atoms with Crippen molar-refractivity contribution >= 4 is 27.3 Å². The Morgan fingerprint density at radius 3 is 2.80 bits per heavy atom. The van der Waals surface area contributed by atoms with Gasteiger partial charge >= 0.3 is 0 Å². The zero-order valence-corrected chi connectivity index (χ0v) is 14.9. The van der Waals surface area contributed by atoms with E-state index in [1.807, 2.05) is 0 Å². The SMILES string of the molecule is CCS(=O)(=O)N1CCC[C@H](C(=O)Nc2cc([N+](=O)[O-])ccc2OC)C1. The van der Waals surface area contributed by atoms with Crippen LogP contribution in [0, 0.1) is 16.0 Å². The lowest BCUT2D eigenvalue weighted by Gasteiger charge is -2.31. The van der Waals surface area contributed by atoms with E-state index >= 15 is 0 Å². The van der Waals surface area contributed by atoms with Gasteiger partial charge in [-0.15, -0.1) is 0 Å². The molecule has 10 heteroatoms. The molecule has 1 amide bonds. The van der Waals surface area contributed by atoms with Gasteiger partial charge in [0.05, 0.1) is 29.4 Å². The maximum absolute atomic E-state index is 12.5. The lowest BCUT2D eigenvalue weighted by atomic mass is 9.98. The fourth-order valence-corrected chi connectivity index (χ4v) is 3.91. The van der Waals surface area contributed by atoms with Crippen LogP contribution in [0.3, 0.4) is 0 Å². The van der Waals surface area contributed by atoms with E-state index in [-0.39, 0.29) is 29.6 Å². The molecule has 0 aromatic heterocycles. The van der Waals surface area contributed by atoms with Crippen LogP contribution in [0.5, 0.6) is 5.75 Å². The van der Waals surface area contributed by atoms with Crippen LogP contribution in [0.2, 0.25) is 0 Å². The number of carbonyl (C=O) groups is 1. The highest BCUT2D eigenvalue weighted by Gasteiger charge is 2.31. The largest absolute Gasteiger partial charge is 0.495 e. The molecule has 1 aliphatic heterocycles. The van der Waals surface area contributed by atoms with Crippen LogP contribution < -0.4 is 10.1 Å². The first-order chi connectivity index (χ1) is 11.8. The highest BCUT2D eigenvalue weighted by Crippen LogP contribution is 2.30. The van der Waals surface area contributed by atoms with Crippen LogP contribution in [0.4, 0.5) is 11.4 Å². The molecule has 1 aliphatic rings. The van der Waals surface area contributed by atoms with Gasteiger partial charge < -0.3 is 10.1 Å². The molecule has 0 bridgehead atoms. The third-order valence-electron chi connectivity index (χ3n) is 4.16. The van der Waals surface area contributed by atoms with Crippen LogP contribution in [0.25, 0.3) is 0 Å². The third kappa shape index (κ3) is 4.45. The molecule has 1 aromatic rings. The fourth-order valence-electron chi connectivity index (χ4n) is 2.73. The van der Waals surface area contributed by atoms with Crippen molar-refractivity contribution in [2.45, 2.75) is 19.8 Å². The van der Waals surface area contributed by atoms with Crippen LogP contribution in [-0.2, 0) is 14.8 Å². The molecule has 2 rings (SSSR count). The van der Waals surface area contributed by atoms with Crippen LogP contribution in [-0.4, -0.2) is 49.5 Å². The fraction of sp³-hybridized carbons (Fsp3) is 0.533. The van der Waals surface area contributed by atoms with Crippen molar-refractivity contribution in [3.63, 3.8) is 0 Å². The van der Waals surface area contributed by atoms with Crippen LogP contribution in [0.1, 0.15) is 19.8 Å². The Balaban J connectivity index is 2.16. The maximum Gasteiger partial charge on any atom is 0.271 e. The van der Waals surface area contributed by atoms with Crippen molar-refractivity contribution in [1.82, 2.24) is 4.31 Å². The zero-order valence-electron chi connectivity index (χ0n) is 14.1. The maximum atomic E-state index is 12.5. The molecule has 0 radical (unpaired) electrons. The van der Waals surface area contributed by atoms with Gasteiger partial charge in [0.1, 0.15) is 5.75 Å². The van der Waals surface area contributed by atoms with Crippen molar-refractivity contribution in [2.24, 2.45) is 5.92 Å². The molecule has 1 fully saturated rings. The number of hydrogen-bond donors (Lipinski definition) is 1. The van der Waals surface area contributed by atoms with Crippen LogP contribution in [0.15, 0.2) is 18.2 Å². The number of nitrogens with one attached hydrogen (secondary N) is 1. The molecule has 25 heavy (non-hydrogen) atoms. The summed E-state index contributed by atoms with van der Waals surface area (Å²) in [6.07, 6.45) is 1.14. The highest BCUT2D eigenvalue weighted by atomic mass is 32.2. The average molecular weight is 371 g/mol. The zero-order chi connectivity index (χ0) is 18.6. The number of nitro benzene ring substituents is 1. The van der Waals surface area contributed by atoms with E-state index in [1.54, 1.807) is 6.92 Å². The standard InChI is InChI=1S/C15H21N3O6S/c1-3-25(22,23)17-8-4-5-11(10-17)15(19)16-13-9-12(18(20)21)6-7-14(13)24-2/h6-7,9,11H,3-5,8,10H2,1-2H3,(H,16,19)/t11-/m0/s1. The van der Waals surface area contributed by atoms with E-state index in [0.717, 1.165) is 0 Å². The van der Waals surface area contributed by atoms with E-state index < -0.39 is 20.9 Å². The Morgan fingerprint density at radius 1 is 1.48 bits per heavy atom. The smallest absolute Gasteiger partial charge is 0.271 e. The number of sulfonamides is 1. The first kappa shape index (κ1) is 19.1. The Labute approximate surface area is 146 Å². The van der Waals surface area contributed by atoms with E-state index in [0.29, 0.717) is 25.1 Å². The summed E-state index contributed by atoms with van der Waals surface area (Å²) in [5.74, 6) is -0.610. The van der Waals surface area contributed by atoms with Gasteiger partial charge in [-0.25, -0.2) is 12.7 Å².